The van der Waals surface area contributed by atoms with Crippen LogP contribution in [0.5, 0.6) is 0 Å². The Morgan fingerprint density at radius 1 is 1.50 bits per heavy atom. The second-order valence-electron chi connectivity index (χ2n) is 3.64. The van der Waals surface area contributed by atoms with Gasteiger partial charge < -0.3 is 5.11 Å². The van der Waals surface area contributed by atoms with Gasteiger partial charge in [0.2, 0.25) is 5.92 Å². The third kappa shape index (κ3) is 2.16. The minimum atomic E-state index is -3.07. The Bertz CT molecular complexity index is 177. The Kier molecular flexibility index (Phi) is 3.93. The molecule has 1 rings (SSSR count). The van der Waals surface area contributed by atoms with Gasteiger partial charge in [0.15, 0.2) is 0 Å². The molecule has 80 valence electrons. The van der Waals surface area contributed by atoms with Gasteiger partial charge in [-0.1, -0.05) is 25.7 Å². The molecule has 0 bridgehead atoms. The molecule has 0 saturated heterocycles. The molecule has 0 aromatic carbocycles. The Morgan fingerprint density at radius 3 is 2.50 bits per heavy atom. The fourth-order valence-corrected chi connectivity index (χ4v) is 1.93. The van der Waals surface area contributed by atoms with Gasteiger partial charge in [-0.05, 0) is 0 Å². The SMILES string of the molecule is CCC1C[C-](O)CC(F)(F)C1CF.[Rf]. The van der Waals surface area contributed by atoms with E-state index >= 15 is 0 Å². The van der Waals surface area contributed by atoms with Crippen LogP contribution in [0.1, 0.15) is 26.2 Å². The molecule has 1 fully saturated rings. The number of rotatable bonds is 2. The van der Waals surface area contributed by atoms with E-state index in [0.29, 0.717) is 6.42 Å². The summed E-state index contributed by atoms with van der Waals surface area (Å²) >= 11 is 0. The van der Waals surface area contributed by atoms with Crippen molar-refractivity contribution in [3.05, 3.63) is 6.10 Å². The first kappa shape index (κ1) is 12.8. The number of halogens is 3. The van der Waals surface area contributed by atoms with Gasteiger partial charge in [-0.15, -0.1) is 0 Å². The van der Waals surface area contributed by atoms with Crippen LogP contribution in [0.2, 0.25) is 0 Å². The predicted octanol–water partition coefficient (Wildman–Crippen LogP) is 2.93. The Balaban J connectivity index is 0.00000169. The molecule has 1 nitrogen and oxygen atoms in total. The molecule has 14 heavy (non-hydrogen) atoms. The molecular weight excluding hydrogens is 448 g/mol. The zero-order chi connectivity index (χ0) is 10.1. The van der Waals surface area contributed by atoms with Crippen LogP contribution in [-0.2, 0) is 0 Å². The zero-order valence-electron chi connectivity index (χ0n) is 8.27. The summed E-state index contributed by atoms with van der Waals surface area (Å²) in [7, 11) is 0. The Morgan fingerprint density at radius 2 is 2.07 bits per heavy atom. The Hall–Kier alpha value is -1.25. The van der Waals surface area contributed by atoms with Crippen LogP contribution < -0.4 is 0 Å². The average Bonchev–Trinajstić information content (AvgIpc) is 2.01. The van der Waals surface area contributed by atoms with Crippen LogP contribution in [0.3, 0.4) is 0 Å². The number of aliphatic hydroxyl groups is 1. The van der Waals surface area contributed by atoms with E-state index in [1.54, 1.807) is 6.92 Å². The summed E-state index contributed by atoms with van der Waals surface area (Å²) in [5.74, 6) is -4.71. The van der Waals surface area contributed by atoms with Crippen LogP contribution in [0.15, 0.2) is 0 Å². The van der Waals surface area contributed by atoms with E-state index in [4.69, 9.17) is 5.11 Å². The first-order chi connectivity index (χ1) is 6.01. The number of hydrogen-bond donors (Lipinski definition) is 1. The molecular formula is C9H14F3ORf-. The third-order valence-electron chi connectivity index (χ3n) is 2.74. The number of alkyl halides is 3. The Labute approximate surface area is 75.9 Å². The first-order valence-electron chi connectivity index (χ1n) is 4.48. The third-order valence-corrected chi connectivity index (χ3v) is 2.74. The van der Waals surface area contributed by atoms with E-state index in [1.165, 1.54) is 0 Å². The molecule has 0 radical (unpaired) electrons. The summed E-state index contributed by atoms with van der Waals surface area (Å²) in [6.45, 7) is 0.737. The van der Waals surface area contributed by atoms with Crippen LogP contribution in [0, 0.1) is 17.9 Å². The summed E-state index contributed by atoms with van der Waals surface area (Å²) in [6, 6.07) is 0. The maximum Gasteiger partial charge on any atom is 0.229 e. The molecule has 1 N–H and O–H groups in total. The van der Waals surface area contributed by atoms with Crippen molar-refractivity contribution >= 4 is 0 Å². The molecule has 0 aliphatic heterocycles. The molecule has 2 atom stereocenters. The smallest absolute Gasteiger partial charge is 0.229 e. The molecule has 0 amide bonds. The largest absolute Gasteiger partial charge is 0.563 e. The van der Waals surface area contributed by atoms with Gasteiger partial charge in [-0.25, -0.2) is 8.78 Å². The number of aliphatic hydroxyl groups excluding tert-OH is 1. The summed E-state index contributed by atoms with van der Waals surface area (Å²) in [5.41, 5.74) is 0. The minimum Gasteiger partial charge on any atom is -0.563 e. The standard InChI is InChI=1S/C9H14F3O.Rf/c1-2-6-3-7(13)4-9(11,12)8(6)5-10;/h6,8,13H,2-5H2,1H3;/q-1;. The molecule has 1 aliphatic rings. The van der Waals surface area contributed by atoms with Gasteiger partial charge in [0, 0.05) is 5.92 Å². The first-order valence-corrected chi connectivity index (χ1v) is 4.48. The van der Waals surface area contributed by atoms with Crippen LogP contribution in [0.4, 0.5) is 13.2 Å². The van der Waals surface area contributed by atoms with Gasteiger partial charge in [0.25, 0.3) is 0 Å². The monoisotopic (exact) mass is 462 g/mol. The molecule has 0 spiro atoms. The van der Waals surface area contributed by atoms with E-state index in [1.807, 2.05) is 0 Å². The zero-order valence-corrected chi connectivity index (χ0v) is 14.7. The summed E-state index contributed by atoms with van der Waals surface area (Å²) in [4.78, 5) is 0. The number of hydrogen-bond acceptors (Lipinski definition) is 1. The van der Waals surface area contributed by atoms with Crippen LogP contribution in [-0.4, -0.2) is 17.7 Å². The maximum absolute atomic E-state index is 13.1. The van der Waals surface area contributed by atoms with E-state index < -0.39 is 30.9 Å². The molecule has 5 heteroatoms. The molecule has 2 unspecified atom stereocenters. The maximum atomic E-state index is 13.1. The van der Waals surface area contributed by atoms with Gasteiger partial charge in [0.05, 0.1) is 6.67 Å². The quantitative estimate of drug-likeness (QED) is 0.627. The van der Waals surface area contributed by atoms with Crippen molar-refractivity contribution in [2.75, 3.05) is 6.67 Å². The van der Waals surface area contributed by atoms with Crippen molar-refractivity contribution in [2.24, 2.45) is 11.8 Å². The predicted molar refractivity (Wildman–Crippen MR) is 42.6 cm³/mol. The minimum absolute atomic E-state index is 0. The second-order valence-corrected chi connectivity index (χ2v) is 3.64. The second kappa shape index (κ2) is 4.31. The van der Waals surface area contributed by atoms with Gasteiger partial charge in [0.1, 0.15) is 0 Å². The van der Waals surface area contributed by atoms with Gasteiger partial charge >= 0.3 is 0 Å². The summed E-state index contributed by atoms with van der Waals surface area (Å²) in [6.07, 6.45) is -0.158. The van der Waals surface area contributed by atoms with E-state index in [2.05, 4.69) is 0 Å². The summed E-state index contributed by atoms with van der Waals surface area (Å²) in [5, 5.41) is 9.07. The van der Waals surface area contributed by atoms with Crippen LogP contribution >= 0.6 is 0 Å². The van der Waals surface area contributed by atoms with Crippen LogP contribution in [0.25, 0.3) is 0 Å². The van der Waals surface area contributed by atoms with E-state index in [0.717, 1.165) is 0 Å². The average molecular weight is 462 g/mol. The molecule has 0 aromatic heterocycles. The molecule has 1 saturated carbocycles. The molecule has 0 aromatic rings. The van der Waals surface area contributed by atoms with Gasteiger partial charge in [-0.3, -0.25) is 4.39 Å². The van der Waals surface area contributed by atoms with E-state index in [-0.39, 0.29) is 12.5 Å². The topological polar surface area (TPSA) is 20.2 Å². The fourth-order valence-electron chi connectivity index (χ4n) is 1.93. The van der Waals surface area contributed by atoms with E-state index in [9.17, 15) is 13.2 Å². The van der Waals surface area contributed by atoms with Crippen molar-refractivity contribution in [1.29, 1.82) is 0 Å². The fraction of sp³-hybridized carbons (Fsp3) is 0.889. The van der Waals surface area contributed by atoms with Crippen molar-refractivity contribution in [3.63, 3.8) is 0 Å². The molecule has 1 aliphatic carbocycles. The van der Waals surface area contributed by atoms with Crippen molar-refractivity contribution in [1.82, 2.24) is 0 Å². The normalized spacial score (nSPS) is 32.4. The summed E-state index contributed by atoms with van der Waals surface area (Å²) < 4.78 is 38.6. The van der Waals surface area contributed by atoms with Crippen molar-refractivity contribution in [3.8, 4) is 0 Å². The van der Waals surface area contributed by atoms with Crippen molar-refractivity contribution < 1.29 is 18.3 Å². The van der Waals surface area contributed by atoms with Crippen molar-refractivity contribution in [2.45, 2.75) is 32.1 Å². The molecule has 0 heterocycles. The van der Waals surface area contributed by atoms with Gasteiger partial charge in [-0.2, -0.15) is 12.5 Å².